The first kappa shape index (κ1) is 16.0. The molecular weight excluding hydrogens is 304 g/mol. The van der Waals surface area contributed by atoms with E-state index < -0.39 is 0 Å². The van der Waals surface area contributed by atoms with Crippen molar-refractivity contribution in [3.05, 3.63) is 51.2 Å². The highest BCUT2D eigenvalue weighted by Gasteiger charge is 2.08. The lowest BCUT2D eigenvalue weighted by Crippen LogP contribution is -2.27. The quantitative estimate of drug-likeness (QED) is 0.841. The summed E-state index contributed by atoms with van der Waals surface area (Å²) < 4.78 is 0. The fourth-order valence-corrected chi connectivity index (χ4v) is 3.00. The van der Waals surface area contributed by atoms with Gasteiger partial charge in [0.15, 0.2) is 0 Å². The van der Waals surface area contributed by atoms with Gasteiger partial charge in [0.2, 0.25) is 5.91 Å². The van der Waals surface area contributed by atoms with Crippen molar-refractivity contribution in [1.29, 1.82) is 0 Å². The Balaban J connectivity index is 1.86. The van der Waals surface area contributed by atoms with Gasteiger partial charge in [-0.15, -0.1) is 11.3 Å². The number of amides is 1. The van der Waals surface area contributed by atoms with E-state index in [1.807, 2.05) is 35.7 Å². The van der Waals surface area contributed by atoms with E-state index in [4.69, 9.17) is 11.6 Å². The van der Waals surface area contributed by atoms with E-state index in [1.54, 1.807) is 11.3 Å². The Morgan fingerprint density at radius 3 is 2.67 bits per heavy atom. The van der Waals surface area contributed by atoms with Crippen LogP contribution in [0.4, 0.5) is 5.69 Å². The monoisotopic (exact) mass is 322 g/mol. The van der Waals surface area contributed by atoms with Gasteiger partial charge >= 0.3 is 0 Å². The summed E-state index contributed by atoms with van der Waals surface area (Å²) in [7, 11) is 0. The molecule has 0 bridgehead atoms. The van der Waals surface area contributed by atoms with Crippen molar-refractivity contribution < 1.29 is 4.79 Å². The summed E-state index contributed by atoms with van der Waals surface area (Å²) in [6, 6.07) is 10.2. The van der Waals surface area contributed by atoms with Gasteiger partial charge in [-0.25, -0.2) is 0 Å². The first-order valence-electron chi connectivity index (χ1n) is 6.86. The van der Waals surface area contributed by atoms with Crippen LogP contribution < -0.4 is 10.6 Å². The van der Waals surface area contributed by atoms with E-state index in [0.717, 1.165) is 28.6 Å². The number of rotatable bonds is 6. The molecule has 0 aliphatic heterocycles. The summed E-state index contributed by atoms with van der Waals surface area (Å²) in [5.41, 5.74) is 2.16. The van der Waals surface area contributed by atoms with Crippen LogP contribution in [0.25, 0.3) is 0 Å². The van der Waals surface area contributed by atoms with Crippen molar-refractivity contribution in [1.82, 2.24) is 5.32 Å². The van der Waals surface area contributed by atoms with Crippen LogP contribution in [0.2, 0.25) is 5.02 Å². The largest absolute Gasteiger partial charge is 0.325 e. The summed E-state index contributed by atoms with van der Waals surface area (Å²) in [4.78, 5) is 12.3. The molecule has 1 amide bonds. The first-order valence-corrected chi connectivity index (χ1v) is 8.12. The van der Waals surface area contributed by atoms with Crippen LogP contribution in [-0.4, -0.2) is 11.9 Å². The number of nitrogens with one attached hydrogen (secondary N) is 2. The molecule has 0 radical (unpaired) electrons. The van der Waals surface area contributed by atoms with Crippen molar-refractivity contribution in [2.45, 2.75) is 32.9 Å². The zero-order chi connectivity index (χ0) is 15.2. The molecule has 1 heterocycles. The Morgan fingerprint density at radius 2 is 2.00 bits per heavy atom. The Hall–Kier alpha value is -1.36. The van der Waals surface area contributed by atoms with E-state index in [9.17, 15) is 4.79 Å². The van der Waals surface area contributed by atoms with Gasteiger partial charge in [-0.1, -0.05) is 23.7 Å². The maximum Gasteiger partial charge on any atom is 0.221 e. The Kier molecular flexibility index (Phi) is 5.79. The Labute approximate surface area is 134 Å². The molecule has 21 heavy (non-hydrogen) atoms. The number of benzene rings is 1. The molecule has 5 heteroatoms. The Bertz CT molecular complexity index is 595. The SMILES string of the molecule is CC(=O)Nc1ccsc1CNC(C)Cc1ccc(Cl)cc1. The standard InChI is InChI=1S/C16H19ClN2OS/c1-11(9-13-3-5-14(17)6-4-13)18-10-16-15(7-8-21-16)19-12(2)20/h3-8,11,18H,9-10H2,1-2H3,(H,19,20). The minimum Gasteiger partial charge on any atom is -0.325 e. The molecule has 0 saturated heterocycles. The lowest BCUT2D eigenvalue weighted by molar-refractivity contribution is -0.114. The molecule has 0 aliphatic carbocycles. The van der Waals surface area contributed by atoms with Crippen molar-refractivity contribution in [3.63, 3.8) is 0 Å². The van der Waals surface area contributed by atoms with Crippen LogP contribution in [-0.2, 0) is 17.8 Å². The van der Waals surface area contributed by atoms with Crippen LogP contribution in [0.3, 0.4) is 0 Å². The molecule has 2 N–H and O–H groups in total. The predicted molar refractivity (Wildman–Crippen MR) is 90.1 cm³/mol. The topological polar surface area (TPSA) is 41.1 Å². The van der Waals surface area contributed by atoms with Crippen molar-refractivity contribution in [2.24, 2.45) is 0 Å². The lowest BCUT2D eigenvalue weighted by Gasteiger charge is -2.14. The number of hydrogen-bond acceptors (Lipinski definition) is 3. The van der Waals surface area contributed by atoms with E-state index in [-0.39, 0.29) is 5.91 Å². The number of carbonyl (C=O) groups excluding carboxylic acids is 1. The number of carbonyl (C=O) groups is 1. The molecule has 1 aromatic heterocycles. The van der Waals surface area contributed by atoms with Crippen LogP contribution in [0.15, 0.2) is 35.7 Å². The third-order valence-corrected chi connectivity index (χ3v) is 4.30. The highest BCUT2D eigenvalue weighted by atomic mass is 35.5. The highest BCUT2D eigenvalue weighted by Crippen LogP contribution is 2.22. The molecule has 0 saturated carbocycles. The number of halogens is 1. The number of thiophene rings is 1. The molecule has 2 rings (SSSR count). The van der Waals surface area contributed by atoms with Gasteiger partial charge < -0.3 is 10.6 Å². The summed E-state index contributed by atoms with van der Waals surface area (Å²) in [6.07, 6.45) is 0.942. The van der Waals surface area contributed by atoms with Crippen molar-refractivity contribution >= 4 is 34.5 Å². The van der Waals surface area contributed by atoms with Crippen LogP contribution in [0.5, 0.6) is 0 Å². The fraction of sp³-hybridized carbons (Fsp3) is 0.312. The van der Waals surface area contributed by atoms with E-state index in [0.29, 0.717) is 6.04 Å². The van der Waals surface area contributed by atoms with Crippen LogP contribution in [0.1, 0.15) is 24.3 Å². The molecule has 0 aliphatic rings. The molecule has 3 nitrogen and oxygen atoms in total. The zero-order valence-corrected chi connectivity index (χ0v) is 13.7. The minimum absolute atomic E-state index is 0.0381. The molecule has 112 valence electrons. The predicted octanol–water partition coefficient (Wildman–Crippen LogP) is 4.08. The average molecular weight is 323 g/mol. The minimum atomic E-state index is -0.0381. The fourth-order valence-electron chi connectivity index (χ4n) is 2.09. The van der Waals surface area contributed by atoms with E-state index in [1.165, 1.54) is 12.5 Å². The maximum atomic E-state index is 11.1. The van der Waals surface area contributed by atoms with Crippen molar-refractivity contribution in [2.75, 3.05) is 5.32 Å². The lowest BCUT2D eigenvalue weighted by atomic mass is 10.1. The van der Waals surface area contributed by atoms with Gasteiger partial charge in [-0.05, 0) is 42.5 Å². The van der Waals surface area contributed by atoms with Crippen LogP contribution >= 0.6 is 22.9 Å². The van der Waals surface area contributed by atoms with Gasteiger partial charge in [0.05, 0.1) is 5.69 Å². The molecule has 1 atom stereocenters. The zero-order valence-electron chi connectivity index (χ0n) is 12.2. The molecule has 0 spiro atoms. The van der Waals surface area contributed by atoms with Gasteiger partial charge in [0.25, 0.3) is 0 Å². The van der Waals surface area contributed by atoms with Crippen molar-refractivity contribution in [3.8, 4) is 0 Å². The third-order valence-electron chi connectivity index (χ3n) is 3.12. The second-order valence-electron chi connectivity index (χ2n) is 5.05. The summed E-state index contributed by atoms with van der Waals surface area (Å²) >= 11 is 7.53. The van der Waals surface area contributed by atoms with E-state index >= 15 is 0 Å². The van der Waals surface area contributed by atoms with Crippen LogP contribution in [0, 0.1) is 0 Å². The molecular formula is C16H19ClN2OS. The normalized spacial score (nSPS) is 12.1. The number of anilines is 1. The summed E-state index contributed by atoms with van der Waals surface area (Å²) in [6.45, 7) is 4.43. The summed E-state index contributed by atoms with van der Waals surface area (Å²) in [5, 5.41) is 9.09. The molecule has 0 fully saturated rings. The van der Waals surface area contributed by atoms with Gasteiger partial charge in [-0.3, -0.25) is 4.79 Å². The van der Waals surface area contributed by atoms with Gasteiger partial charge in [0, 0.05) is 29.4 Å². The van der Waals surface area contributed by atoms with Gasteiger partial charge in [0.1, 0.15) is 0 Å². The van der Waals surface area contributed by atoms with E-state index in [2.05, 4.69) is 17.6 Å². The smallest absolute Gasteiger partial charge is 0.221 e. The second-order valence-corrected chi connectivity index (χ2v) is 6.49. The third kappa shape index (κ3) is 5.16. The molecule has 1 aromatic carbocycles. The summed E-state index contributed by atoms with van der Waals surface area (Å²) in [5.74, 6) is -0.0381. The number of hydrogen-bond donors (Lipinski definition) is 2. The Morgan fingerprint density at radius 1 is 1.29 bits per heavy atom. The second kappa shape index (κ2) is 7.59. The average Bonchev–Trinajstić information content (AvgIpc) is 2.85. The molecule has 2 aromatic rings. The maximum absolute atomic E-state index is 11.1. The first-order chi connectivity index (χ1) is 10.0. The molecule has 1 unspecified atom stereocenters. The van der Waals surface area contributed by atoms with Gasteiger partial charge in [-0.2, -0.15) is 0 Å². The highest BCUT2D eigenvalue weighted by molar-refractivity contribution is 7.10.